The molecule has 0 fully saturated rings. The predicted molar refractivity (Wildman–Crippen MR) is 208 cm³/mol. The van der Waals surface area contributed by atoms with Crippen molar-refractivity contribution in [3.05, 3.63) is 143 Å². The van der Waals surface area contributed by atoms with Gasteiger partial charge >= 0.3 is 0 Å². The fraction of sp³-hybridized carbons (Fsp3) is 0.468. The molecule has 0 spiro atoms. The van der Waals surface area contributed by atoms with Crippen LogP contribution in [0.25, 0.3) is 0 Å². The van der Waals surface area contributed by atoms with E-state index in [2.05, 4.69) is 104 Å². The zero-order chi connectivity index (χ0) is 35.1. The van der Waals surface area contributed by atoms with E-state index in [1.165, 1.54) is 125 Å². The standard InChI is InChI=1S/C47H60FNO/c1-2-3-4-5-6-7-8-9-10-11-12-13-14-15-16-26-33-46(50-39-41-34-40(38-49)35-45(48)36-41)37-47(42-27-20-17-21-28-42,43-29-22-18-23-30-43)44-31-24-19-25-32-44/h17-25,27-32,34-36,46H,2-16,26,33,37,39H2,1H3/t46-/m0/s1. The van der Waals surface area contributed by atoms with Gasteiger partial charge in [0.15, 0.2) is 0 Å². The maximum Gasteiger partial charge on any atom is 0.124 e. The Kier molecular flexibility index (Phi) is 17.9. The summed E-state index contributed by atoms with van der Waals surface area (Å²) in [4.78, 5) is 0. The van der Waals surface area contributed by atoms with Crippen LogP contribution in [0, 0.1) is 17.1 Å². The Morgan fingerprint density at radius 1 is 0.580 bits per heavy atom. The fourth-order valence-electron chi connectivity index (χ4n) is 7.54. The quantitative estimate of drug-likeness (QED) is 0.0518. The second-order valence-corrected chi connectivity index (χ2v) is 14.2. The van der Waals surface area contributed by atoms with E-state index < -0.39 is 11.2 Å². The molecule has 0 unspecified atom stereocenters. The van der Waals surface area contributed by atoms with Crippen molar-refractivity contribution in [2.75, 3.05) is 0 Å². The summed E-state index contributed by atoms with van der Waals surface area (Å²) in [5.41, 5.74) is 4.29. The first-order valence-corrected chi connectivity index (χ1v) is 19.6. The van der Waals surface area contributed by atoms with Crippen LogP contribution in [0.1, 0.15) is 150 Å². The molecule has 4 aromatic carbocycles. The van der Waals surface area contributed by atoms with E-state index in [0.717, 1.165) is 19.3 Å². The van der Waals surface area contributed by atoms with E-state index in [-0.39, 0.29) is 12.7 Å². The van der Waals surface area contributed by atoms with Gasteiger partial charge in [-0.3, -0.25) is 0 Å². The lowest BCUT2D eigenvalue weighted by atomic mass is 9.66. The molecule has 1 atom stereocenters. The van der Waals surface area contributed by atoms with Crippen LogP contribution in [0.5, 0.6) is 0 Å². The molecule has 0 aliphatic carbocycles. The number of unbranched alkanes of at least 4 members (excludes halogenated alkanes) is 15. The van der Waals surface area contributed by atoms with Gasteiger partial charge in [-0.2, -0.15) is 5.26 Å². The Balaban J connectivity index is 1.38. The summed E-state index contributed by atoms with van der Waals surface area (Å²) >= 11 is 0. The Hall–Kier alpha value is -3.74. The van der Waals surface area contributed by atoms with Crippen LogP contribution in [-0.2, 0) is 16.8 Å². The number of hydrogen-bond donors (Lipinski definition) is 0. The lowest BCUT2D eigenvalue weighted by Gasteiger charge is -2.39. The molecule has 0 bridgehead atoms. The van der Waals surface area contributed by atoms with Crippen molar-refractivity contribution in [3.8, 4) is 6.07 Å². The highest BCUT2D eigenvalue weighted by atomic mass is 19.1. The monoisotopic (exact) mass is 673 g/mol. The van der Waals surface area contributed by atoms with E-state index >= 15 is 0 Å². The molecule has 4 aromatic rings. The normalized spacial score (nSPS) is 12.1. The van der Waals surface area contributed by atoms with E-state index in [1.807, 2.05) is 0 Å². The average Bonchev–Trinajstić information content (AvgIpc) is 3.16. The molecule has 0 saturated carbocycles. The fourth-order valence-corrected chi connectivity index (χ4v) is 7.54. The van der Waals surface area contributed by atoms with Crippen LogP contribution >= 0.6 is 0 Å². The Labute approximate surface area is 303 Å². The van der Waals surface area contributed by atoms with Gasteiger partial charge in [-0.1, -0.05) is 201 Å². The first-order valence-electron chi connectivity index (χ1n) is 19.6. The number of ether oxygens (including phenoxy) is 1. The number of benzene rings is 4. The number of hydrogen-bond acceptors (Lipinski definition) is 2. The summed E-state index contributed by atoms with van der Waals surface area (Å²) in [7, 11) is 0. The third kappa shape index (κ3) is 12.9. The highest BCUT2D eigenvalue weighted by molar-refractivity contribution is 5.50. The molecule has 266 valence electrons. The van der Waals surface area contributed by atoms with E-state index in [0.29, 0.717) is 11.1 Å². The number of nitriles is 1. The first-order chi connectivity index (χ1) is 24.7. The van der Waals surface area contributed by atoms with Crippen LogP contribution in [-0.4, -0.2) is 6.10 Å². The first kappa shape index (κ1) is 39.1. The van der Waals surface area contributed by atoms with Gasteiger partial charge in [0.05, 0.1) is 24.3 Å². The van der Waals surface area contributed by atoms with Gasteiger partial charge in [-0.25, -0.2) is 4.39 Å². The van der Waals surface area contributed by atoms with Gasteiger partial charge in [0.25, 0.3) is 0 Å². The zero-order valence-electron chi connectivity index (χ0n) is 30.6. The van der Waals surface area contributed by atoms with Crippen molar-refractivity contribution in [2.45, 2.75) is 141 Å². The Morgan fingerprint density at radius 2 is 1.00 bits per heavy atom. The van der Waals surface area contributed by atoms with Crippen LogP contribution < -0.4 is 0 Å². The molecule has 0 N–H and O–H groups in total. The largest absolute Gasteiger partial charge is 0.373 e. The molecule has 0 aliphatic rings. The van der Waals surface area contributed by atoms with Crippen molar-refractivity contribution in [2.24, 2.45) is 0 Å². The highest BCUT2D eigenvalue weighted by Crippen LogP contribution is 2.44. The molecule has 0 aromatic heterocycles. The van der Waals surface area contributed by atoms with Gasteiger partial charge in [0, 0.05) is 5.41 Å². The van der Waals surface area contributed by atoms with Gasteiger partial charge in [-0.15, -0.1) is 0 Å². The SMILES string of the molecule is CCCCCCCCCCCCCCCCCC[C@@H](CC(c1ccccc1)(c1ccccc1)c1ccccc1)OCc1cc(F)cc(C#N)c1. The molecule has 3 heteroatoms. The molecule has 2 nitrogen and oxygen atoms in total. The number of halogens is 1. The third-order valence-electron chi connectivity index (χ3n) is 10.3. The summed E-state index contributed by atoms with van der Waals surface area (Å²) in [6, 6.07) is 39.0. The van der Waals surface area contributed by atoms with Crippen LogP contribution in [0.4, 0.5) is 4.39 Å². The van der Waals surface area contributed by atoms with E-state index in [9.17, 15) is 9.65 Å². The summed E-state index contributed by atoms with van der Waals surface area (Å²) in [5.74, 6) is -0.399. The minimum atomic E-state index is -0.427. The van der Waals surface area contributed by atoms with Crippen LogP contribution in [0.15, 0.2) is 109 Å². The smallest absolute Gasteiger partial charge is 0.124 e. The van der Waals surface area contributed by atoms with Crippen LogP contribution in [0.3, 0.4) is 0 Å². The maximum absolute atomic E-state index is 14.4. The summed E-state index contributed by atoms with van der Waals surface area (Å²) in [6.45, 7) is 2.55. The van der Waals surface area contributed by atoms with Crippen molar-refractivity contribution >= 4 is 0 Å². The molecular formula is C47H60FNO. The van der Waals surface area contributed by atoms with Crippen molar-refractivity contribution in [1.82, 2.24) is 0 Å². The molecule has 0 radical (unpaired) electrons. The zero-order valence-corrected chi connectivity index (χ0v) is 30.6. The predicted octanol–water partition coefficient (Wildman–Crippen LogP) is 13.7. The molecular weight excluding hydrogens is 614 g/mol. The van der Waals surface area contributed by atoms with Gasteiger partial charge in [-0.05, 0) is 53.3 Å². The Bertz CT molecular complexity index is 1400. The van der Waals surface area contributed by atoms with Crippen molar-refractivity contribution in [3.63, 3.8) is 0 Å². The minimum absolute atomic E-state index is 0.0731. The lowest BCUT2D eigenvalue weighted by molar-refractivity contribution is 0.0192. The molecule has 4 rings (SSSR count). The molecule has 0 amide bonds. The average molecular weight is 674 g/mol. The third-order valence-corrected chi connectivity index (χ3v) is 10.3. The highest BCUT2D eigenvalue weighted by Gasteiger charge is 2.38. The summed E-state index contributed by atoms with van der Waals surface area (Å²) < 4.78 is 21.1. The van der Waals surface area contributed by atoms with Crippen LogP contribution in [0.2, 0.25) is 0 Å². The van der Waals surface area contributed by atoms with Gasteiger partial charge in [0.1, 0.15) is 5.82 Å². The molecule has 0 saturated heterocycles. The number of rotatable bonds is 25. The van der Waals surface area contributed by atoms with Crippen molar-refractivity contribution in [1.29, 1.82) is 5.26 Å². The van der Waals surface area contributed by atoms with E-state index in [4.69, 9.17) is 4.74 Å². The molecule has 0 heterocycles. The maximum atomic E-state index is 14.4. The van der Waals surface area contributed by atoms with E-state index in [1.54, 1.807) is 6.07 Å². The van der Waals surface area contributed by atoms with Crippen molar-refractivity contribution < 1.29 is 9.13 Å². The molecule has 50 heavy (non-hydrogen) atoms. The topological polar surface area (TPSA) is 33.0 Å². The molecule has 0 aliphatic heterocycles. The minimum Gasteiger partial charge on any atom is -0.373 e. The lowest BCUT2D eigenvalue weighted by Crippen LogP contribution is -2.35. The van der Waals surface area contributed by atoms with Gasteiger partial charge in [0.2, 0.25) is 0 Å². The second-order valence-electron chi connectivity index (χ2n) is 14.2. The summed E-state index contributed by atoms with van der Waals surface area (Å²) in [5, 5.41) is 9.45. The second kappa shape index (κ2) is 22.9. The van der Waals surface area contributed by atoms with Gasteiger partial charge < -0.3 is 4.74 Å². The Morgan fingerprint density at radius 3 is 1.42 bits per heavy atom. The summed E-state index contributed by atoms with van der Waals surface area (Å²) in [6.07, 6.45) is 23.1. The number of nitrogens with zero attached hydrogens (tertiary/aromatic N) is 1.